The fourth-order valence-corrected chi connectivity index (χ4v) is 3.30. The fraction of sp³-hybridized carbons (Fsp3) is 0.318. The second-order valence-electron chi connectivity index (χ2n) is 7.60. The van der Waals surface area contributed by atoms with Crippen LogP contribution in [0.4, 0.5) is 4.79 Å². The average Bonchev–Trinajstić information content (AvgIpc) is 3.10. The largest absolute Gasteiger partial charge is 0.442 e. The normalized spacial score (nSPS) is 12.7. The zero-order valence-electron chi connectivity index (χ0n) is 16.3. The fourth-order valence-electron chi connectivity index (χ4n) is 3.30. The van der Waals surface area contributed by atoms with Gasteiger partial charge < -0.3 is 14.8 Å². The Labute approximate surface area is 164 Å². The third kappa shape index (κ3) is 4.52. The number of carbonyl (C=O) groups is 1. The molecule has 0 aliphatic rings. The Morgan fingerprint density at radius 3 is 2.57 bits per heavy atom. The van der Waals surface area contributed by atoms with Crippen LogP contribution < -0.4 is 5.84 Å². The van der Waals surface area contributed by atoms with Crippen molar-refractivity contribution in [2.45, 2.75) is 38.3 Å². The molecule has 2 aromatic carbocycles. The molecule has 0 aliphatic heterocycles. The van der Waals surface area contributed by atoms with Crippen LogP contribution in [0.15, 0.2) is 60.8 Å². The molecular weight excluding hydrogens is 354 g/mol. The van der Waals surface area contributed by atoms with Gasteiger partial charge >= 0.3 is 6.09 Å². The van der Waals surface area contributed by atoms with E-state index in [0.717, 1.165) is 27.0 Å². The number of aromatic amines is 1. The van der Waals surface area contributed by atoms with E-state index in [0.29, 0.717) is 12.8 Å². The van der Waals surface area contributed by atoms with E-state index >= 15 is 0 Å². The summed E-state index contributed by atoms with van der Waals surface area (Å²) in [5.41, 5.74) is 2.43. The molecule has 1 aromatic heterocycles. The Morgan fingerprint density at radius 1 is 1.18 bits per heavy atom. The molecule has 6 nitrogen and oxygen atoms in total. The number of hydrazine groups is 1. The number of benzene rings is 2. The summed E-state index contributed by atoms with van der Waals surface area (Å²) < 4.78 is 5.46. The SMILES string of the molecule is CC(C)(Cc1c[nH]c2ccccc12)N(N)C(=O)OC(CO)Cc1ccccc1. The first-order valence-electron chi connectivity index (χ1n) is 9.36. The molecule has 148 valence electrons. The van der Waals surface area contributed by atoms with Crippen LogP contribution >= 0.6 is 0 Å². The summed E-state index contributed by atoms with van der Waals surface area (Å²) >= 11 is 0. The smallest absolute Gasteiger partial charge is 0.424 e. The number of ether oxygens (including phenoxy) is 1. The molecule has 0 fully saturated rings. The van der Waals surface area contributed by atoms with Gasteiger partial charge in [-0.1, -0.05) is 48.5 Å². The number of amides is 1. The minimum Gasteiger partial charge on any atom is -0.442 e. The number of aliphatic hydroxyl groups is 1. The number of H-pyrrole nitrogens is 1. The summed E-state index contributed by atoms with van der Waals surface area (Å²) in [7, 11) is 0. The van der Waals surface area contributed by atoms with Gasteiger partial charge in [0.1, 0.15) is 6.10 Å². The lowest BCUT2D eigenvalue weighted by Gasteiger charge is -2.34. The number of hydrogen-bond donors (Lipinski definition) is 3. The van der Waals surface area contributed by atoms with E-state index in [-0.39, 0.29) is 6.61 Å². The highest BCUT2D eigenvalue weighted by molar-refractivity contribution is 5.83. The van der Waals surface area contributed by atoms with Gasteiger partial charge in [0, 0.05) is 23.5 Å². The number of nitrogens with two attached hydrogens (primary N) is 1. The topological polar surface area (TPSA) is 91.6 Å². The first kappa shape index (κ1) is 19.9. The van der Waals surface area contributed by atoms with Gasteiger partial charge in [0.25, 0.3) is 0 Å². The van der Waals surface area contributed by atoms with Crippen molar-refractivity contribution in [2.24, 2.45) is 5.84 Å². The molecule has 4 N–H and O–H groups in total. The lowest BCUT2D eigenvalue weighted by atomic mass is 9.94. The molecule has 3 aromatic rings. The molecule has 6 heteroatoms. The maximum absolute atomic E-state index is 12.6. The van der Waals surface area contributed by atoms with E-state index in [1.807, 2.05) is 74.6 Å². The van der Waals surface area contributed by atoms with E-state index in [1.165, 1.54) is 0 Å². The van der Waals surface area contributed by atoms with E-state index < -0.39 is 17.7 Å². The molecule has 0 spiro atoms. The molecule has 1 heterocycles. The highest BCUT2D eigenvalue weighted by Gasteiger charge is 2.32. The third-order valence-electron chi connectivity index (χ3n) is 4.92. The second kappa shape index (κ2) is 8.46. The number of aliphatic hydroxyl groups excluding tert-OH is 1. The highest BCUT2D eigenvalue weighted by Crippen LogP contribution is 2.25. The Kier molecular flexibility index (Phi) is 6.02. The Bertz CT molecular complexity index is 921. The molecule has 0 saturated heterocycles. The van der Waals surface area contributed by atoms with Crippen molar-refractivity contribution in [2.75, 3.05) is 6.61 Å². The van der Waals surface area contributed by atoms with Crippen LogP contribution in [0, 0.1) is 0 Å². The number of nitrogens with one attached hydrogen (secondary N) is 1. The van der Waals surface area contributed by atoms with Crippen molar-refractivity contribution in [1.29, 1.82) is 0 Å². The zero-order valence-corrected chi connectivity index (χ0v) is 16.3. The molecule has 0 aliphatic carbocycles. The number of rotatable bonds is 7. The standard InChI is InChI=1S/C22H27N3O3/c1-22(2,13-17-14-24-20-11-7-6-10-19(17)20)25(23)21(27)28-18(15-26)12-16-8-4-3-5-9-16/h3-11,14,18,24,26H,12-13,15,23H2,1-2H3. The monoisotopic (exact) mass is 381 g/mol. The van der Waals surface area contributed by atoms with Crippen LogP contribution in [0.1, 0.15) is 25.0 Å². The first-order chi connectivity index (χ1) is 13.4. The Hall–Kier alpha value is -2.83. The van der Waals surface area contributed by atoms with E-state index in [1.54, 1.807) is 0 Å². The minimum absolute atomic E-state index is 0.267. The van der Waals surface area contributed by atoms with E-state index in [9.17, 15) is 9.90 Å². The van der Waals surface area contributed by atoms with Crippen molar-refractivity contribution in [1.82, 2.24) is 9.99 Å². The Morgan fingerprint density at radius 2 is 1.86 bits per heavy atom. The van der Waals surface area contributed by atoms with Gasteiger partial charge in [0.05, 0.1) is 12.1 Å². The summed E-state index contributed by atoms with van der Waals surface area (Å²) in [5.74, 6) is 6.12. The van der Waals surface area contributed by atoms with E-state index in [4.69, 9.17) is 10.6 Å². The number of fused-ring (bicyclic) bond motifs is 1. The van der Waals surface area contributed by atoms with Crippen LogP contribution in [0.2, 0.25) is 0 Å². The third-order valence-corrected chi connectivity index (χ3v) is 4.92. The van der Waals surface area contributed by atoms with Crippen LogP contribution in [0.5, 0.6) is 0 Å². The number of para-hydroxylation sites is 1. The van der Waals surface area contributed by atoms with Gasteiger partial charge in [-0.2, -0.15) is 0 Å². The predicted molar refractivity (Wildman–Crippen MR) is 110 cm³/mol. The van der Waals surface area contributed by atoms with Crippen LogP contribution in [0.3, 0.4) is 0 Å². The quantitative estimate of drug-likeness (QED) is 0.332. The molecule has 0 bridgehead atoms. The molecular formula is C22H27N3O3. The van der Waals surface area contributed by atoms with Gasteiger partial charge in [-0.3, -0.25) is 0 Å². The molecule has 3 rings (SSSR count). The predicted octanol–water partition coefficient (Wildman–Crippen LogP) is 3.40. The average molecular weight is 381 g/mol. The van der Waals surface area contributed by atoms with Crippen LogP contribution in [0.25, 0.3) is 10.9 Å². The molecule has 1 unspecified atom stereocenters. The van der Waals surface area contributed by atoms with Crippen LogP contribution in [-0.4, -0.2) is 39.4 Å². The van der Waals surface area contributed by atoms with Crippen molar-refractivity contribution >= 4 is 17.0 Å². The molecule has 1 amide bonds. The van der Waals surface area contributed by atoms with Crippen molar-refractivity contribution < 1.29 is 14.6 Å². The second-order valence-corrected chi connectivity index (χ2v) is 7.60. The van der Waals surface area contributed by atoms with Gasteiger partial charge in [-0.05, 0) is 37.5 Å². The molecule has 0 radical (unpaired) electrons. The zero-order chi connectivity index (χ0) is 20.1. The van der Waals surface area contributed by atoms with Crippen molar-refractivity contribution in [3.63, 3.8) is 0 Å². The minimum atomic E-state index is -0.672. The lowest BCUT2D eigenvalue weighted by Crippen LogP contribution is -2.54. The maximum atomic E-state index is 12.6. The molecule has 1 atom stereocenters. The van der Waals surface area contributed by atoms with Gasteiger partial charge in [0.15, 0.2) is 0 Å². The molecule has 28 heavy (non-hydrogen) atoms. The summed E-state index contributed by atoms with van der Waals surface area (Å²) in [4.78, 5) is 15.8. The van der Waals surface area contributed by atoms with Gasteiger partial charge in [-0.15, -0.1) is 0 Å². The van der Waals surface area contributed by atoms with Gasteiger partial charge in [0.2, 0.25) is 0 Å². The molecule has 0 saturated carbocycles. The summed E-state index contributed by atoms with van der Waals surface area (Å²) in [5, 5.41) is 11.8. The number of carbonyl (C=O) groups excluding carboxylic acids is 1. The lowest BCUT2D eigenvalue weighted by molar-refractivity contribution is 0.0120. The highest BCUT2D eigenvalue weighted by atomic mass is 16.6. The van der Waals surface area contributed by atoms with Crippen molar-refractivity contribution in [3.05, 3.63) is 71.9 Å². The number of hydrogen-bond acceptors (Lipinski definition) is 4. The summed E-state index contributed by atoms with van der Waals surface area (Å²) in [6, 6.07) is 17.6. The maximum Gasteiger partial charge on any atom is 0.424 e. The summed E-state index contributed by atoms with van der Waals surface area (Å²) in [6.07, 6.45) is 1.63. The van der Waals surface area contributed by atoms with E-state index in [2.05, 4.69) is 4.98 Å². The van der Waals surface area contributed by atoms with Gasteiger partial charge in [-0.25, -0.2) is 15.6 Å². The van der Waals surface area contributed by atoms with Crippen molar-refractivity contribution in [3.8, 4) is 0 Å². The first-order valence-corrected chi connectivity index (χ1v) is 9.36. The van der Waals surface area contributed by atoms with Crippen LogP contribution in [-0.2, 0) is 17.6 Å². The summed E-state index contributed by atoms with van der Waals surface area (Å²) in [6.45, 7) is 3.51. The Balaban J connectivity index is 1.66. The number of aromatic nitrogens is 1. The number of nitrogens with zero attached hydrogens (tertiary/aromatic N) is 1.